The number of nitrogens with one attached hydrogen (secondary N) is 1. The van der Waals surface area contributed by atoms with Gasteiger partial charge in [0.25, 0.3) is 0 Å². The molecule has 0 radical (unpaired) electrons. The van der Waals surface area contributed by atoms with E-state index in [4.69, 9.17) is 4.74 Å². The van der Waals surface area contributed by atoms with Crippen molar-refractivity contribution in [3.05, 3.63) is 30.1 Å². The Hall–Kier alpha value is -1.66. The number of rotatable bonds is 7. The number of hydrogen-bond acceptors (Lipinski definition) is 4. The summed E-state index contributed by atoms with van der Waals surface area (Å²) in [6, 6.07) is 6.51. The van der Waals surface area contributed by atoms with E-state index in [1.54, 1.807) is 19.2 Å². The largest absolute Gasteiger partial charge is 0.383 e. The van der Waals surface area contributed by atoms with Crippen molar-refractivity contribution in [1.29, 1.82) is 0 Å². The minimum absolute atomic E-state index is 0.184. The molecule has 5 nitrogen and oxygen atoms in total. The Kier molecular flexibility index (Phi) is 6.61. The van der Waals surface area contributed by atoms with Gasteiger partial charge in [-0.3, -0.25) is 4.79 Å². The van der Waals surface area contributed by atoms with Gasteiger partial charge >= 0.3 is 0 Å². The number of methoxy groups -OCH3 is 1. The van der Waals surface area contributed by atoms with Gasteiger partial charge in [0.1, 0.15) is 5.82 Å². The minimum Gasteiger partial charge on any atom is -0.383 e. The van der Waals surface area contributed by atoms with E-state index in [0.29, 0.717) is 32.7 Å². The van der Waals surface area contributed by atoms with E-state index in [9.17, 15) is 9.18 Å². The van der Waals surface area contributed by atoms with Crippen LogP contribution >= 0.6 is 0 Å². The molecular weight excluding hydrogens is 285 g/mol. The first-order valence-corrected chi connectivity index (χ1v) is 7.68. The number of carbonyl (C=O) groups excluding carboxylic acids is 1. The van der Waals surface area contributed by atoms with Gasteiger partial charge < -0.3 is 19.9 Å². The zero-order valence-electron chi connectivity index (χ0n) is 13.1. The number of nitrogens with zero attached hydrogens (tertiary/aromatic N) is 2. The summed E-state index contributed by atoms with van der Waals surface area (Å²) in [6.45, 7) is 5.11. The van der Waals surface area contributed by atoms with Crippen molar-refractivity contribution in [2.75, 3.05) is 57.9 Å². The summed E-state index contributed by atoms with van der Waals surface area (Å²) in [6.07, 6.45) is 0.514. The molecule has 1 heterocycles. The number of anilines is 1. The molecule has 1 N–H and O–H groups in total. The molecule has 22 heavy (non-hydrogen) atoms. The maximum atomic E-state index is 12.9. The zero-order chi connectivity index (χ0) is 15.8. The van der Waals surface area contributed by atoms with Crippen LogP contribution in [-0.2, 0) is 9.53 Å². The second-order valence-corrected chi connectivity index (χ2v) is 5.34. The quantitative estimate of drug-likeness (QED) is 0.766. The third-order valence-corrected chi connectivity index (χ3v) is 3.82. The lowest BCUT2D eigenvalue weighted by atomic mass is 10.2. The topological polar surface area (TPSA) is 44.8 Å². The number of amides is 1. The van der Waals surface area contributed by atoms with Crippen LogP contribution in [0.15, 0.2) is 24.3 Å². The highest BCUT2D eigenvalue weighted by atomic mass is 19.1. The van der Waals surface area contributed by atoms with Crippen LogP contribution in [0.2, 0.25) is 0 Å². The standard InChI is InChI=1S/C16H24FN3O2/c1-22-13-8-18-7-6-16(21)20-11-9-19(10-12-20)15-4-2-14(17)3-5-15/h2-5,18H,6-13H2,1H3. The van der Waals surface area contributed by atoms with E-state index >= 15 is 0 Å². The van der Waals surface area contributed by atoms with Gasteiger partial charge in [0, 0.05) is 58.5 Å². The molecule has 0 unspecified atom stereocenters. The fourth-order valence-electron chi connectivity index (χ4n) is 2.52. The molecule has 1 aliphatic rings. The van der Waals surface area contributed by atoms with E-state index in [-0.39, 0.29) is 11.7 Å². The van der Waals surface area contributed by atoms with Crippen molar-refractivity contribution in [2.24, 2.45) is 0 Å². The van der Waals surface area contributed by atoms with Gasteiger partial charge in [-0.2, -0.15) is 0 Å². The first kappa shape index (κ1) is 16.7. The van der Waals surface area contributed by atoms with Crippen molar-refractivity contribution in [3.63, 3.8) is 0 Å². The number of ether oxygens (including phenoxy) is 1. The number of piperazine rings is 1. The number of carbonyl (C=O) groups is 1. The summed E-state index contributed by atoms with van der Waals surface area (Å²) >= 11 is 0. The van der Waals surface area contributed by atoms with Gasteiger partial charge in [-0.25, -0.2) is 4.39 Å². The molecule has 1 aromatic carbocycles. The summed E-state index contributed by atoms with van der Waals surface area (Å²) in [5.41, 5.74) is 1.01. The summed E-state index contributed by atoms with van der Waals surface area (Å²) in [5.74, 6) is -0.0396. The molecule has 0 aromatic heterocycles. The van der Waals surface area contributed by atoms with E-state index < -0.39 is 0 Å². The van der Waals surface area contributed by atoms with Crippen LogP contribution in [0.1, 0.15) is 6.42 Å². The van der Waals surface area contributed by atoms with Crippen LogP contribution in [0, 0.1) is 5.82 Å². The molecule has 6 heteroatoms. The van der Waals surface area contributed by atoms with Crippen LogP contribution in [0.5, 0.6) is 0 Å². The Morgan fingerprint density at radius 2 is 1.86 bits per heavy atom. The smallest absolute Gasteiger partial charge is 0.223 e. The fraction of sp³-hybridized carbons (Fsp3) is 0.562. The second-order valence-electron chi connectivity index (χ2n) is 5.34. The fourth-order valence-corrected chi connectivity index (χ4v) is 2.52. The molecule has 0 spiro atoms. The van der Waals surface area contributed by atoms with Crippen LogP contribution in [0.4, 0.5) is 10.1 Å². The Bertz CT molecular complexity index is 459. The minimum atomic E-state index is -0.224. The van der Waals surface area contributed by atoms with Gasteiger partial charge in [-0.15, -0.1) is 0 Å². The van der Waals surface area contributed by atoms with E-state index in [1.165, 1.54) is 12.1 Å². The third kappa shape index (κ3) is 4.96. The lowest BCUT2D eigenvalue weighted by Gasteiger charge is -2.36. The Morgan fingerprint density at radius 3 is 2.50 bits per heavy atom. The number of halogens is 1. The highest BCUT2D eigenvalue weighted by molar-refractivity contribution is 5.76. The Labute approximate surface area is 131 Å². The van der Waals surface area contributed by atoms with Crippen LogP contribution < -0.4 is 10.2 Å². The second kappa shape index (κ2) is 8.70. The maximum absolute atomic E-state index is 12.9. The number of benzene rings is 1. The van der Waals surface area contributed by atoms with Crippen LogP contribution in [0.25, 0.3) is 0 Å². The highest BCUT2D eigenvalue weighted by Crippen LogP contribution is 2.17. The van der Waals surface area contributed by atoms with Crippen LogP contribution in [0.3, 0.4) is 0 Å². The van der Waals surface area contributed by atoms with Gasteiger partial charge in [-0.1, -0.05) is 0 Å². The first-order valence-electron chi connectivity index (χ1n) is 7.68. The zero-order valence-corrected chi connectivity index (χ0v) is 13.1. The van der Waals surface area contributed by atoms with Crippen molar-refractivity contribution in [3.8, 4) is 0 Å². The molecule has 1 fully saturated rings. The molecule has 0 saturated carbocycles. The molecule has 122 valence electrons. The average Bonchev–Trinajstić information content (AvgIpc) is 2.55. The third-order valence-electron chi connectivity index (χ3n) is 3.82. The molecule has 2 rings (SSSR count). The lowest BCUT2D eigenvalue weighted by Crippen LogP contribution is -2.49. The Balaban J connectivity index is 1.70. The number of hydrogen-bond donors (Lipinski definition) is 1. The molecule has 1 amide bonds. The summed E-state index contributed by atoms with van der Waals surface area (Å²) in [4.78, 5) is 16.2. The molecule has 0 bridgehead atoms. The molecule has 0 atom stereocenters. The maximum Gasteiger partial charge on any atom is 0.223 e. The van der Waals surface area contributed by atoms with E-state index in [1.807, 2.05) is 4.90 Å². The predicted molar refractivity (Wildman–Crippen MR) is 84.6 cm³/mol. The van der Waals surface area contributed by atoms with Crippen molar-refractivity contribution in [2.45, 2.75) is 6.42 Å². The molecule has 0 aliphatic carbocycles. The van der Waals surface area contributed by atoms with Crippen molar-refractivity contribution >= 4 is 11.6 Å². The molecule has 1 aromatic rings. The Morgan fingerprint density at radius 1 is 1.18 bits per heavy atom. The SMILES string of the molecule is COCCNCCC(=O)N1CCN(c2ccc(F)cc2)CC1. The predicted octanol–water partition coefficient (Wildman–Crippen LogP) is 1.10. The van der Waals surface area contributed by atoms with Gasteiger partial charge in [0.2, 0.25) is 5.91 Å². The van der Waals surface area contributed by atoms with Crippen molar-refractivity contribution in [1.82, 2.24) is 10.2 Å². The summed E-state index contributed by atoms with van der Waals surface area (Å²) < 4.78 is 17.9. The molecule has 1 aliphatic heterocycles. The molecule has 1 saturated heterocycles. The first-order chi connectivity index (χ1) is 10.7. The van der Waals surface area contributed by atoms with Crippen LogP contribution in [-0.4, -0.2) is 63.8 Å². The highest BCUT2D eigenvalue weighted by Gasteiger charge is 2.20. The normalized spacial score (nSPS) is 15.2. The summed E-state index contributed by atoms with van der Waals surface area (Å²) in [5, 5.41) is 3.18. The van der Waals surface area contributed by atoms with Gasteiger partial charge in [-0.05, 0) is 24.3 Å². The monoisotopic (exact) mass is 309 g/mol. The lowest BCUT2D eigenvalue weighted by molar-refractivity contribution is -0.131. The summed E-state index contributed by atoms with van der Waals surface area (Å²) in [7, 11) is 1.66. The van der Waals surface area contributed by atoms with Crippen molar-refractivity contribution < 1.29 is 13.9 Å². The van der Waals surface area contributed by atoms with Gasteiger partial charge in [0.15, 0.2) is 0 Å². The molecular formula is C16H24FN3O2. The van der Waals surface area contributed by atoms with Gasteiger partial charge in [0.05, 0.1) is 6.61 Å². The average molecular weight is 309 g/mol. The van der Waals surface area contributed by atoms with E-state index in [0.717, 1.165) is 25.3 Å². The van der Waals surface area contributed by atoms with E-state index in [2.05, 4.69) is 10.2 Å².